The number of allylic oxidation sites excluding steroid dienone is 1. The van der Waals surface area contributed by atoms with E-state index in [2.05, 4.69) is 10.2 Å². The van der Waals surface area contributed by atoms with Crippen molar-refractivity contribution in [2.24, 2.45) is 0 Å². The largest absolute Gasteiger partial charge is 0.497 e. The molecule has 2 aromatic carbocycles. The Labute approximate surface area is 193 Å². The molecule has 1 aliphatic heterocycles. The lowest BCUT2D eigenvalue weighted by Gasteiger charge is -2.26. The van der Waals surface area contributed by atoms with Crippen LogP contribution in [-0.2, 0) is 9.53 Å². The lowest BCUT2D eigenvalue weighted by Crippen LogP contribution is -2.41. The maximum Gasteiger partial charge on any atom is 0.244 e. The number of hydrogen-bond acceptors (Lipinski definition) is 6. The highest BCUT2D eigenvalue weighted by Crippen LogP contribution is 2.37. The van der Waals surface area contributed by atoms with Crippen molar-refractivity contribution >= 4 is 22.4 Å². The molecule has 174 valence electrons. The van der Waals surface area contributed by atoms with Gasteiger partial charge in [-0.05, 0) is 36.3 Å². The monoisotopic (exact) mass is 450 g/mol. The summed E-state index contributed by atoms with van der Waals surface area (Å²) in [6.45, 7) is 6.65. The van der Waals surface area contributed by atoms with Gasteiger partial charge < -0.3 is 23.9 Å². The number of benzene rings is 2. The van der Waals surface area contributed by atoms with E-state index in [0.717, 1.165) is 71.8 Å². The number of carbonyl (C=O) groups is 1. The summed E-state index contributed by atoms with van der Waals surface area (Å²) in [7, 11) is 3.27. The number of carbonyl (C=O) groups excluding carboxylic acids is 1. The molecule has 1 aliphatic rings. The number of methoxy groups -OCH3 is 2. The predicted octanol–water partition coefficient (Wildman–Crippen LogP) is 3.97. The summed E-state index contributed by atoms with van der Waals surface area (Å²) >= 11 is 0. The molecular weight excluding hydrogens is 420 g/mol. The number of fused-ring (bicyclic) bond motifs is 1. The van der Waals surface area contributed by atoms with Crippen LogP contribution in [0.1, 0.15) is 12.5 Å². The number of amides is 1. The van der Waals surface area contributed by atoms with Crippen LogP contribution in [0.15, 0.2) is 53.2 Å². The van der Waals surface area contributed by atoms with Gasteiger partial charge in [-0.3, -0.25) is 9.69 Å². The van der Waals surface area contributed by atoms with Crippen LogP contribution in [0.5, 0.6) is 11.5 Å². The van der Waals surface area contributed by atoms with E-state index in [9.17, 15) is 4.79 Å². The average Bonchev–Trinajstić information content (AvgIpc) is 3.26. The summed E-state index contributed by atoms with van der Waals surface area (Å²) < 4.78 is 22.0. The number of nitrogens with zero attached hydrogens (tertiary/aromatic N) is 1. The lowest BCUT2D eigenvalue weighted by atomic mass is 9.99. The molecule has 0 bridgehead atoms. The summed E-state index contributed by atoms with van der Waals surface area (Å²) in [5, 5.41) is 3.93. The normalized spacial score (nSPS) is 14.9. The molecule has 1 aromatic heterocycles. The van der Waals surface area contributed by atoms with E-state index in [1.807, 2.05) is 43.3 Å². The van der Waals surface area contributed by atoms with Crippen molar-refractivity contribution in [1.82, 2.24) is 10.2 Å². The molecule has 1 amide bonds. The van der Waals surface area contributed by atoms with Crippen molar-refractivity contribution < 1.29 is 23.4 Å². The second-order valence-electron chi connectivity index (χ2n) is 8.00. The van der Waals surface area contributed by atoms with Crippen LogP contribution in [0.3, 0.4) is 0 Å². The molecule has 1 saturated heterocycles. The van der Waals surface area contributed by atoms with Crippen molar-refractivity contribution in [2.75, 3.05) is 53.6 Å². The van der Waals surface area contributed by atoms with Crippen molar-refractivity contribution in [3.8, 4) is 22.6 Å². The third-order valence-corrected chi connectivity index (χ3v) is 5.90. The fraction of sp³-hybridized carbons (Fsp3) is 0.346. The number of ether oxygens (including phenoxy) is 3. The first-order chi connectivity index (χ1) is 16.1. The van der Waals surface area contributed by atoms with Crippen LogP contribution in [0.2, 0.25) is 0 Å². The van der Waals surface area contributed by atoms with Gasteiger partial charge in [-0.15, -0.1) is 0 Å². The number of nitrogens with one attached hydrogen (secondary N) is 1. The molecule has 7 nitrogen and oxygen atoms in total. The van der Waals surface area contributed by atoms with E-state index in [4.69, 9.17) is 18.6 Å². The van der Waals surface area contributed by atoms with Gasteiger partial charge in [0.25, 0.3) is 0 Å². The topological polar surface area (TPSA) is 73.2 Å². The highest BCUT2D eigenvalue weighted by molar-refractivity contribution is 6.00. The Morgan fingerprint density at radius 2 is 1.88 bits per heavy atom. The predicted molar refractivity (Wildman–Crippen MR) is 129 cm³/mol. The second kappa shape index (κ2) is 10.6. The SMILES string of the molecule is COc1ccc(-c2coc3cc(OC)c(/C(C)=C/C(=O)NCCN4CCOCC4)cc23)cc1. The number of morpholine rings is 1. The molecule has 0 saturated carbocycles. The number of hydrogen-bond donors (Lipinski definition) is 1. The molecule has 33 heavy (non-hydrogen) atoms. The van der Waals surface area contributed by atoms with Crippen molar-refractivity contribution in [2.45, 2.75) is 6.92 Å². The van der Waals surface area contributed by atoms with E-state index >= 15 is 0 Å². The van der Waals surface area contributed by atoms with E-state index in [1.54, 1.807) is 26.6 Å². The summed E-state index contributed by atoms with van der Waals surface area (Å²) in [5.41, 5.74) is 4.39. The van der Waals surface area contributed by atoms with Crippen molar-refractivity contribution in [3.63, 3.8) is 0 Å². The maximum atomic E-state index is 12.5. The molecule has 0 radical (unpaired) electrons. The van der Waals surface area contributed by atoms with Gasteiger partial charge in [0.15, 0.2) is 0 Å². The third kappa shape index (κ3) is 5.38. The zero-order chi connectivity index (χ0) is 23.2. The summed E-state index contributed by atoms with van der Waals surface area (Å²) in [4.78, 5) is 14.8. The van der Waals surface area contributed by atoms with Crippen LogP contribution in [-0.4, -0.2) is 64.4 Å². The molecule has 3 aromatic rings. The molecule has 0 atom stereocenters. The van der Waals surface area contributed by atoms with Gasteiger partial charge in [0.05, 0.1) is 33.7 Å². The standard InChI is InChI=1S/C26H30N2O5/c1-18(14-26(29)27-8-9-28-10-12-32-13-11-28)21-15-22-23(17-33-25(22)16-24(21)31-3)19-4-6-20(30-2)7-5-19/h4-7,14-17H,8-13H2,1-3H3,(H,27,29)/b18-14+. The quantitative estimate of drug-likeness (QED) is 0.524. The average molecular weight is 451 g/mol. The van der Waals surface area contributed by atoms with Crippen LogP contribution in [0.25, 0.3) is 27.7 Å². The van der Waals surface area contributed by atoms with E-state index < -0.39 is 0 Å². The minimum Gasteiger partial charge on any atom is -0.497 e. The van der Waals surface area contributed by atoms with Crippen LogP contribution >= 0.6 is 0 Å². The first-order valence-corrected chi connectivity index (χ1v) is 11.1. The van der Waals surface area contributed by atoms with Crippen LogP contribution < -0.4 is 14.8 Å². The summed E-state index contributed by atoms with van der Waals surface area (Å²) in [5.74, 6) is 1.34. The van der Waals surface area contributed by atoms with Crippen LogP contribution in [0, 0.1) is 0 Å². The Morgan fingerprint density at radius 3 is 2.58 bits per heavy atom. The van der Waals surface area contributed by atoms with Crippen molar-refractivity contribution in [1.29, 1.82) is 0 Å². The summed E-state index contributed by atoms with van der Waals surface area (Å²) in [6, 6.07) is 11.7. The minimum absolute atomic E-state index is 0.120. The van der Waals surface area contributed by atoms with Gasteiger partial charge in [0, 0.05) is 54.8 Å². The van der Waals surface area contributed by atoms with Gasteiger partial charge in [0.2, 0.25) is 5.91 Å². The molecule has 0 unspecified atom stereocenters. The molecule has 7 heteroatoms. The molecular formula is C26H30N2O5. The Kier molecular flexibility index (Phi) is 7.32. The smallest absolute Gasteiger partial charge is 0.244 e. The van der Waals surface area contributed by atoms with E-state index in [0.29, 0.717) is 12.3 Å². The fourth-order valence-corrected chi connectivity index (χ4v) is 4.01. The van der Waals surface area contributed by atoms with Gasteiger partial charge in [0.1, 0.15) is 17.1 Å². The number of furan rings is 1. The highest BCUT2D eigenvalue weighted by atomic mass is 16.5. The van der Waals surface area contributed by atoms with Gasteiger partial charge in [-0.1, -0.05) is 12.1 Å². The zero-order valence-electron chi connectivity index (χ0n) is 19.3. The molecule has 1 fully saturated rings. The van der Waals surface area contributed by atoms with E-state index in [1.165, 1.54) is 0 Å². The maximum absolute atomic E-state index is 12.5. The van der Waals surface area contributed by atoms with Gasteiger partial charge in [-0.2, -0.15) is 0 Å². The minimum atomic E-state index is -0.120. The molecule has 1 N–H and O–H groups in total. The second-order valence-corrected chi connectivity index (χ2v) is 8.00. The highest BCUT2D eigenvalue weighted by Gasteiger charge is 2.15. The Balaban J connectivity index is 1.54. The Bertz CT molecular complexity index is 1130. The lowest BCUT2D eigenvalue weighted by molar-refractivity contribution is -0.116. The Hall–Kier alpha value is -3.29. The number of rotatable bonds is 8. The van der Waals surface area contributed by atoms with Crippen molar-refractivity contribution in [3.05, 3.63) is 54.3 Å². The first-order valence-electron chi connectivity index (χ1n) is 11.1. The molecule has 0 aliphatic carbocycles. The molecule has 4 rings (SSSR count). The summed E-state index contributed by atoms with van der Waals surface area (Å²) in [6.07, 6.45) is 3.36. The van der Waals surface area contributed by atoms with E-state index in [-0.39, 0.29) is 5.91 Å². The third-order valence-electron chi connectivity index (χ3n) is 5.90. The first kappa shape index (κ1) is 22.9. The zero-order valence-corrected chi connectivity index (χ0v) is 19.3. The van der Waals surface area contributed by atoms with Gasteiger partial charge in [-0.25, -0.2) is 0 Å². The van der Waals surface area contributed by atoms with Gasteiger partial charge >= 0.3 is 0 Å². The molecule has 2 heterocycles. The van der Waals surface area contributed by atoms with Crippen LogP contribution in [0.4, 0.5) is 0 Å². The molecule has 0 spiro atoms. The Morgan fingerprint density at radius 1 is 1.12 bits per heavy atom. The fourth-order valence-electron chi connectivity index (χ4n) is 4.01.